The molecule has 0 spiro atoms. The molecular formula is C19H20ClN5O. The Labute approximate surface area is 156 Å². The van der Waals surface area contributed by atoms with Gasteiger partial charge >= 0.3 is 0 Å². The van der Waals surface area contributed by atoms with E-state index in [1.807, 2.05) is 36.4 Å². The van der Waals surface area contributed by atoms with E-state index in [9.17, 15) is 4.79 Å². The van der Waals surface area contributed by atoms with Gasteiger partial charge in [0, 0.05) is 26.1 Å². The summed E-state index contributed by atoms with van der Waals surface area (Å²) in [6.45, 7) is 3.25. The number of amides is 1. The number of nitrogens with one attached hydrogen (secondary N) is 2. The molecule has 0 unspecified atom stereocenters. The summed E-state index contributed by atoms with van der Waals surface area (Å²) < 4.78 is 0. The van der Waals surface area contributed by atoms with Gasteiger partial charge in [0.1, 0.15) is 11.5 Å². The first-order valence-electron chi connectivity index (χ1n) is 8.74. The van der Waals surface area contributed by atoms with Gasteiger partial charge in [0.25, 0.3) is 0 Å². The van der Waals surface area contributed by atoms with Gasteiger partial charge in [-0.05, 0) is 37.1 Å². The van der Waals surface area contributed by atoms with Crippen LogP contribution in [0.3, 0.4) is 0 Å². The summed E-state index contributed by atoms with van der Waals surface area (Å²) in [5.41, 5.74) is 2.51. The molecular weight excluding hydrogens is 350 g/mol. The Morgan fingerprint density at radius 1 is 1.19 bits per heavy atom. The number of fused-ring (bicyclic) bond motifs is 1. The van der Waals surface area contributed by atoms with Crippen molar-refractivity contribution in [1.82, 2.24) is 20.3 Å². The van der Waals surface area contributed by atoms with E-state index in [1.165, 1.54) is 0 Å². The van der Waals surface area contributed by atoms with Gasteiger partial charge in [0.15, 0.2) is 5.82 Å². The van der Waals surface area contributed by atoms with Crippen molar-refractivity contribution in [1.29, 1.82) is 0 Å². The Morgan fingerprint density at radius 2 is 1.96 bits per heavy atom. The number of hydrogen-bond acceptors (Lipinski definition) is 4. The molecule has 6 nitrogen and oxygen atoms in total. The maximum absolute atomic E-state index is 11.2. The van der Waals surface area contributed by atoms with Gasteiger partial charge in [-0.1, -0.05) is 23.7 Å². The SMILES string of the molecule is CC(=O)NC1CCN(c2ccc(Cl)c(-c3nc4ccccc4[nH]3)n2)CC1. The van der Waals surface area contributed by atoms with Gasteiger partial charge in [-0.3, -0.25) is 4.79 Å². The number of aromatic nitrogens is 3. The molecule has 134 valence electrons. The Balaban J connectivity index is 1.58. The third-order valence-electron chi connectivity index (χ3n) is 4.67. The third kappa shape index (κ3) is 3.37. The van der Waals surface area contributed by atoms with Crippen LogP contribution in [-0.4, -0.2) is 40.0 Å². The van der Waals surface area contributed by atoms with Crippen molar-refractivity contribution < 1.29 is 4.79 Å². The molecule has 1 aliphatic heterocycles. The Morgan fingerprint density at radius 3 is 2.69 bits per heavy atom. The lowest BCUT2D eigenvalue weighted by molar-refractivity contribution is -0.119. The molecule has 1 aromatic carbocycles. The number of anilines is 1. The number of hydrogen-bond donors (Lipinski definition) is 2. The molecule has 0 saturated carbocycles. The zero-order valence-corrected chi connectivity index (χ0v) is 15.3. The molecule has 1 fully saturated rings. The number of carbonyl (C=O) groups is 1. The molecule has 2 N–H and O–H groups in total. The van der Waals surface area contributed by atoms with E-state index in [0.717, 1.165) is 42.8 Å². The predicted molar refractivity (Wildman–Crippen MR) is 103 cm³/mol. The second kappa shape index (κ2) is 6.96. The second-order valence-electron chi connectivity index (χ2n) is 6.56. The van der Waals surface area contributed by atoms with Crippen LogP contribution in [0.15, 0.2) is 36.4 Å². The average Bonchev–Trinajstić information content (AvgIpc) is 3.06. The molecule has 3 heterocycles. The maximum Gasteiger partial charge on any atom is 0.217 e. The minimum atomic E-state index is 0.0280. The number of aromatic amines is 1. The van der Waals surface area contributed by atoms with Crippen LogP contribution in [0.5, 0.6) is 0 Å². The lowest BCUT2D eigenvalue weighted by Gasteiger charge is -2.33. The molecule has 0 radical (unpaired) electrons. The van der Waals surface area contributed by atoms with Gasteiger partial charge in [0.2, 0.25) is 5.91 Å². The van der Waals surface area contributed by atoms with E-state index < -0.39 is 0 Å². The first-order valence-corrected chi connectivity index (χ1v) is 9.11. The van der Waals surface area contributed by atoms with Crippen molar-refractivity contribution >= 4 is 34.4 Å². The molecule has 0 bridgehead atoms. The smallest absolute Gasteiger partial charge is 0.217 e. The quantitative estimate of drug-likeness (QED) is 0.742. The van der Waals surface area contributed by atoms with E-state index in [0.29, 0.717) is 16.5 Å². The number of pyridine rings is 1. The van der Waals surface area contributed by atoms with Crippen LogP contribution in [0.2, 0.25) is 5.02 Å². The van der Waals surface area contributed by atoms with E-state index in [-0.39, 0.29) is 11.9 Å². The number of benzene rings is 1. The highest BCUT2D eigenvalue weighted by molar-refractivity contribution is 6.33. The number of H-pyrrole nitrogens is 1. The van der Waals surface area contributed by atoms with Gasteiger partial charge in [-0.15, -0.1) is 0 Å². The average molecular weight is 370 g/mol. The fourth-order valence-corrected chi connectivity index (χ4v) is 3.57. The third-order valence-corrected chi connectivity index (χ3v) is 4.98. The number of nitrogens with zero attached hydrogens (tertiary/aromatic N) is 3. The summed E-state index contributed by atoms with van der Waals surface area (Å²) in [7, 11) is 0. The van der Waals surface area contributed by atoms with Crippen molar-refractivity contribution in [3.63, 3.8) is 0 Å². The number of rotatable bonds is 3. The molecule has 2 aromatic heterocycles. The summed E-state index contributed by atoms with van der Waals surface area (Å²) in [5, 5.41) is 3.56. The van der Waals surface area contributed by atoms with Crippen molar-refractivity contribution in [2.75, 3.05) is 18.0 Å². The summed E-state index contributed by atoms with van der Waals surface area (Å²) in [6, 6.07) is 11.9. The fourth-order valence-electron chi connectivity index (χ4n) is 3.38. The summed E-state index contributed by atoms with van der Waals surface area (Å²) >= 11 is 6.39. The molecule has 4 rings (SSSR count). The Bertz CT molecular complexity index is 913. The maximum atomic E-state index is 11.2. The van der Waals surface area contributed by atoms with Crippen LogP contribution < -0.4 is 10.2 Å². The lowest BCUT2D eigenvalue weighted by Crippen LogP contribution is -2.44. The zero-order valence-electron chi connectivity index (χ0n) is 14.5. The van der Waals surface area contributed by atoms with Crippen LogP contribution in [-0.2, 0) is 4.79 Å². The standard InChI is InChI=1S/C19H20ClN5O/c1-12(26)21-13-8-10-25(11-9-13)17-7-6-14(20)18(24-17)19-22-15-4-2-3-5-16(15)23-19/h2-7,13H,8-11H2,1H3,(H,21,26)(H,22,23). The highest BCUT2D eigenvalue weighted by Gasteiger charge is 2.22. The Hall–Kier alpha value is -2.60. The molecule has 0 atom stereocenters. The largest absolute Gasteiger partial charge is 0.356 e. The summed E-state index contributed by atoms with van der Waals surface area (Å²) in [5.74, 6) is 1.58. The van der Waals surface area contributed by atoms with E-state index >= 15 is 0 Å². The van der Waals surface area contributed by atoms with Crippen molar-refractivity contribution in [3.8, 4) is 11.5 Å². The summed E-state index contributed by atoms with van der Waals surface area (Å²) in [6.07, 6.45) is 1.81. The van der Waals surface area contributed by atoms with Gasteiger partial charge in [-0.25, -0.2) is 9.97 Å². The van der Waals surface area contributed by atoms with Crippen LogP contribution in [0, 0.1) is 0 Å². The first kappa shape index (κ1) is 16.8. The molecule has 7 heteroatoms. The molecule has 3 aromatic rings. The van der Waals surface area contributed by atoms with Crippen molar-refractivity contribution in [2.45, 2.75) is 25.8 Å². The normalized spacial score (nSPS) is 15.4. The zero-order chi connectivity index (χ0) is 18.1. The minimum Gasteiger partial charge on any atom is -0.356 e. The first-order chi connectivity index (χ1) is 12.6. The highest BCUT2D eigenvalue weighted by atomic mass is 35.5. The monoisotopic (exact) mass is 369 g/mol. The van der Waals surface area contributed by atoms with E-state index in [4.69, 9.17) is 16.6 Å². The van der Waals surface area contributed by atoms with Gasteiger partial charge < -0.3 is 15.2 Å². The Kier molecular flexibility index (Phi) is 4.51. The van der Waals surface area contributed by atoms with Crippen molar-refractivity contribution in [2.24, 2.45) is 0 Å². The van der Waals surface area contributed by atoms with E-state index in [1.54, 1.807) is 6.92 Å². The highest BCUT2D eigenvalue weighted by Crippen LogP contribution is 2.29. The molecule has 0 aliphatic carbocycles. The second-order valence-corrected chi connectivity index (χ2v) is 6.97. The topological polar surface area (TPSA) is 73.9 Å². The van der Waals surface area contributed by atoms with Gasteiger partial charge in [0.05, 0.1) is 16.1 Å². The van der Waals surface area contributed by atoms with Crippen LogP contribution >= 0.6 is 11.6 Å². The number of carbonyl (C=O) groups excluding carboxylic acids is 1. The number of para-hydroxylation sites is 2. The summed E-state index contributed by atoms with van der Waals surface area (Å²) in [4.78, 5) is 26.1. The molecule has 1 amide bonds. The van der Waals surface area contributed by atoms with Crippen LogP contribution in [0.25, 0.3) is 22.6 Å². The van der Waals surface area contributed by atoms with Crippen molar-refractivity contribution in [3.05, 3.63) is 41.4 Å². The number of imidazole rings is 1. The van der Waals surface area contributed by atoms with Crippen LogP contribution in [0.1, 0.15) is 19.8 Å². The van der Waals surface area contributed by atoms with Gasteiger partial charge in [-0.2, -0.15) is 0 Å². The predicted octanol–water partition coefficient (Wildman–Crippen LogP) is 3.38. The molecule has 26 heavy (non-hydrogen) atoms. The van der Waals surface area contributed by atoms with Crippen LogP contribution in [0.4, 0.5) is 5.82 Å². The fraction of sp³-hybridized carbons (Fsp3) is 0.316. The lowest BCUT2D eigenvalue weighted by atomic mass is 10.1. The minimum absolute atomic E-state index is 0.0280. The molecule has 1 saturated heterocycles. The number of piperidine rings is 1. The number of halogens is 1. The van der Waals surface area contributed by atoms with E-state index in [2.05, 4.69) is 20.2 Å². The molecule has 1 aliphatic rings.